The Hall–Kier alpha value is -5.20. The lowest BCUT2D eigenvalue weighted by Crippen LogP contribution is -2.43. The molecule has 2 aliphatic rings. The monoisotopic (exact) mass is 756 g/mol. The van der Waals surface area contributed by atoms with Gasteiger partial charge in [-0.25, -0.2) is 27.6 Å². The lowest BCUT2D eigenvalue weighted by atomic mass is 9.80. The number of hydrogen-bond donors (Lipinski definition) is 1. The van der Waals surface area contributed by atoms with Gasteiger partial charge in [-0.05, 0) is 79.5 Å². The Morgan fingerprint density at radius 3 is 1.59 bits per heavy atom. The summed E-state index contributed by atoms with van der Waals surface area (Å²) in [6, 6.07) is 26.1. The van der Waals surface area contributed by atoms with Crippen LogP contribution in [0.25, 0.3) is 0 Å². The average Bonchev–Trinajstić information content (AvgIpc) is 3.72. The van der Waals surface area contributed by atoms with E-state index in [1.807, 2.05) is 73.8 Å². The predicted octanol–water partition coefficient (Wildman–Crippen LogP) is 9.19. The van der Waals surface area contributed by atoms with Crippen LogP contribution in [0.4, 0.5) is 17.6 Å². The van der Waals surface area contributed by atoms with Crippen molar-refractivity contribution in [2.24, 2.45) is 10.2 Å². The molecule has 4 aromatic rings. The standard InChI is InChI=1S/C22H26F2N2O2Si.C20H18F2N2O/c1-16(27)26-22(12-7-13-29(2,3)28,17-8-5-4-6-9-17)15-21(25-26)19-14-18(23)10-11-20(19)24;1-3-11-20(15-7-5-4-6-8-15)13-19(23-24(20)14(2)25)17-12-16(21)9-10-18(17)22/h4-6,8-11,14,28H,7,12-13,15H2,1-3H3;3-10,12H,1,11,13H2,2H3. The van der Waals surface area contributed by atoms with Crippen LogP contribution in [-0.4, -0.2) is 46.4 Å². The molecule has 12 heteroatoms. The Labute approximate surface area is 314 Å². The van der Waals surface area contributed by atoms with Crippen LogP contribution in [0.5, 0.6) is 0 Å². The summed E-state index contributed by atoms with van der Waals surface area (Å²) in [5.41, 5.74) is 1.03. The van der Waals surface area contributed by atoms with Crippen molar-refractivity contribution in [1.82, 2.24) is 10.0 Å². The third-order valence-corrected chi connectivity index (χ3v) is 11.3. The first-order chi connectivity index (χ1) is 25.6. The number of nitrogens with zero attached hydrogens (tertiary/aromatic N) is 4. The van der Waals surface area contributed by atoms with Crippen molar-refractivity contribution in [3.05, 3.63) is 155 Å². The fourth-order valence-corrected chi connectivity index (χ4v) is 8.34. The van der Waals surface area contributed by atoms with Gasteiger partial charge < -0.3 is 4.80 Å². The van der Waals surface area contributed by atoms with Gasteiger partial charge in [-0.3, -0.25) is 9.59 Å². The molecule has 7 nitrogen and oxygen atoms in total. The first-order valence-electron chi connectivity index (χ1n) is 17.7. The summed E-state index contributed by atoms with van der Waals surface area (Å²) >= 11 is 0. The molecule has 0 spiro atoms. The third kappa shape index (κ3) is 8.61. The maximum atomic E-state index is 14.4. The molecule has 2 unspecified atom stereocenters. The number of hydrazone groups is 2. The summed E-state index contributed by atoms with van der Waals surface area (Å²) < 4.78 is 56.0. The highest BCUT2D eigenvalue weighted by molar-refractivity contribution is 6.69. The summed E-state index contributed by atoms with van der Waals surface area (Å²) in [5, 5.41) is 11.6. The molecule has 4 aromatic carbocycles. The van der Waals surface area contributed by atoms with Gasteiger partial charge in [0.05, 0.1) is 17.0 Å². The van der Waals surface area contributed by atoms with Crippen molar-refractivity contribution in [3.8, 4) is 0 Å². The van der Waals surface area contributed by atoms with Gasteiger partial charge in [0.15, 0.2) is 8.32 Å². The zero-order valence-corrected chi connectivity index (χ0v) is 31.8. The number of amides is 2. The Bertz CT molecular complexity index is 2070. The molecule has 2 atom stereocenters. The molecule has 2 aliphatic heterocycles. The van der Waals surface area contributed by atoms with E-state index in [2.05, 4.69) is 16.8 Å². The van der Waals surface area contributed by atoms with Crippen molar-refractivity contribution in [2.75, 3.05) is 0 Å². The Morgan fingerprint density at radius 2 is 1.17 bits per heavy atom. The molecule has 0 saturated carbocycles. The molecule has 6 rings (SSSR count). The fraction of sp³-hybridized carbons (Fsp3) is 0.286. The summed E-state index contributed by atoms with van der Waals surface area (Å²) in [4.78, 5) is 35.0. The zero-order valence-electron chi connectivity index (χ0n) is 30.8. The number of rotatable bonds is 10. The van der Waals surface area contributed by atoms with Crippen molar-refractivity contribution < 1.29 is 31.9 Å². The van der Waals surface area contributed by atoms with Gasteiger partial charge in [0, 0.05) is 37.8 Å². The van der Waals surface area contributed by atoms with Gasteiger partial charge in [-0.2, -0.15) is 10.2 Å². The molecule has 0 bridgehead atoms. The first-order valence-corrected chi connectivity index (χ1v) is 20.9. The van der Waals surface area contributed by atoms with Crippen molar-refractivity contribution >= 4 is 31.6 Å². The van der Waals surface area contributed by atoms with E-state index in [0.29, 0.717) is 36.7 Å². The molecule has 2 amide bonds. The van der Waals surface area contributed by atoms with E-state index in [9.17, 15) is 31.9 Å². The van der Waals surface area contributed by atoms with Crippen LogP contribution in [0.2, 0.25) is 19.1 Å². The van der Waals surface area contributed by atoms with Crippen LogP contribution in [0.1, 0.15) is 68.2 Å². The smallest absolute Gasteiger partial charge is 0.240 e. The fourth-order valence-electron chi connectivity index (χ4n) is 7.30. The number of hydrogen-bond acceptors (Lipinski definition) is 5. The minimum atomic E-state index is -2.26. The second kappa shape index (κ2) is 16.4. The van der Waals surface area contributed by atoms with E-state index in [0.717, 1.165) is 47.5 Å². The maximum Gasteiger partial charge on any atom is 0.240 e. The molecular formula is C42H44F4N4O3Si. The van der Waals surface area contributed by atoms with Crippen LogP contribution >= 0.6 is 0 Å². The Balaban J connectivity index is 0.000000210. The maximum absolute atomic E-state index is 14.4. The number of benzene rings is 4. The van der Waals surface area contributed by atoms with E-state index in [4.69, 9.17) is 0 Å². The zero-order chi connectivity index (χ0) is 39.3. The largest absolute Gasteiger partial charge is 0.432 e. The van der Waals surface area contributed by atoms with Crippen molar-refractivity contribution in [3.63, 3.8) is 0 Å². The SMILES string of the molecule is C=CCC1(c2ccccc2)CC(c2cc(F)ccc2F)=NN1C(C)=O.CC(=O)N1N=C(c2cc(F)ccc2F)CC1(CCC[Si](C)(C)O)c1ccccc1. The lowest BCUT2D eigenvalue weighted by Gasteiger charge is -2.37. The number of carbonyl (C=O) groups excluding carboxylic acids is 2. The minimum absolute atomic E-state index is 0.0749. The molecule has 0 radical (unpaired) electrons. The second-order valence-electron chi connectivity index (χ2n) is 14.3. The Morgan fingerprint density at radius 1 is 0.741 bits per heavy atom. The highest BCUT2D eigenvalue weighted by Crippen LogP contribution is 2.45. The van der Waals surface area contributed by atoms with Gasteiger partial charge in [0.25, 0.3) is 0 Å². The van der Waals surface area contributed by atoms with Crippen LogP contribution in [0, 0.1) is 23.3 Å². The second-order valence-corrected chi connectivity index (χ2v) is 18.4. The molecule has 2 heterocycles. The molecule has 0 aliphatic carbocycles. The molecule has 1 N–H and O–H groups in total. The van der Waals surface area contributed by atoms with Crippen molar-refractivity contribution in [1.29, 1.82) is 0 Å². The first kappa shape index (κ1) is 40.0. The van der Waals surface area contributed by atoms with Gasteiger partial charge in [-0.1, -0.05) is 73.2 Å². The summed E-state index contributed by atoms with van der Waals surface area (Å²) in [7, 11) is -2.26. The molecule has 0 fully saturated rings. The molecule has 0 aromatic heterocycles. The van der Waals surface area contributed by atoms with Crippen LogP contribution in [0.3, 0.4) is 0 Å². The van der Waals surface area contributed by atoms with Crippen LogP contribution < -0.4 is 0 Å². The molecule has 0 saturated heterocycles. The third-order valence-electron chi connectivity index (χ3n) is 9.73. The van der Waals surface area contributed by atoms with E-state index in [-0.39, 0.29) is 35.8 Å². The Kier molecular flexibility index (Phi) is 12.2. The predicted molar refractivity (Wildman–Crippen MR) is 205 cm³/mol. The van der Waals surface area contributed by atoms with Crippen molar-refractivity contribution in [2.45, 2.75) is 76.2 Å². The van der Waals surface area contributed by atoms with E-state index < -0.39 is 42.7 Å². The van der Waals surface area contributed by atoms with Gasteiger partial charge in [-0.15, -0.1) is 6.58 Å². The molecule has 282 valence electrons. The number of halogens is 4. The van der Waals surface area contributed by atoms with E-state index >= 15 is 0 Å². The average molecular weight is 757 g/mol. The highest BCUT2D eigenvalue weighted by Gasteiger charge is 2.47. The van der Waals surface area contributed by atoms with Gasteiger partial charge >= 0.3 is 0 Å². The van der Waals surface area contributed by atoms with E-state index in [1.165, 1.54) is 23.9 Å². The summed E-state index contributed by atoms with van der Waals surface area (Å²) in [6.45, 7) is 10.4. The quantitative estimate of drug-likeness (QED) is 0.0996. The molecular weight excluding hydrogens is 713 g/mol. The van der Waals surface area contributed by atoms with Crippen LogP contribution in [0.15, 0.2) is 120 Å². The number of carbonyl (C=O) groups is 2. The van der Waals surface area contributed by atoms with E-state index in [1.54, 1.807) is 6.08 Å². The normalized spacial score (nSPS) is 19.5. The van der Waals surface area contributed by atoms with Gasteiger partial charge in [0.1, 0.15) is 28.8 Å². The van der Waals surface area contributed by atoms with Gasteiger partial charge in [0.2, 0.25) is 11.8 Å². The highest BCUT2D eigenvalue weighted by atomic mass is 28.4. The minimum Gasteiger partial charge on any atom is -0.432 e. The summed E-state index contributed by atoms with van der Waals surface area (Å²) in [5.74, 6) is -2.76. The van der Waals surface area contributed by atoms with Crippen LogP contribution in [-0.2, 0) is 20.7 Å². The summed E-state index contributed by atoms with van der Waals surface area (Å²) in [6.07, 6.45) is 3.98. The lowest BCUT2D eigenvalue weighted by molar-refractivity contribution is -0.135. The molecule has 54 heavy (non-hydrogen) atoms. The topological polar surface area (TPSA) is 85.6 Å².